The van der Waals surface area contributed by atoms with Crippen molar-refractivity contribution >= 4 is 35.4 Å². The fourth-order valence-corrected chi connectivity index (χ4v) is 4.66. The molecule has 1 fully saturated rings. The normalized spacial score (nSPS) is 18.8. The molecular formula is C22H33N3O4S. The summed E-state index contributed by atoms with van der Waals surface area (Å²) >= 11 is 1.60. The zero-order valence-electron chi connectivity index (χ0n) is 18.5. The van der Waals surface area contributed by atoms with Crippen LogP contribution in [0.15, 0.2) is 24.3 Å². The number of unbranched alkanes of at least 4 members (excludes halogenated alkanes) is 1. The molecule has 3 amide bonds. The van der Waals surface area contributed by atoms with E-state index >= 15 is 0 Å². The third kappa shape index (κ3) is 7.23. The predicted molar refractivity (Wildman–Crippen MR) is 120 cm³/mol. The lowest BCUT2D eigenvalue weighted by atomic mass is 10.1. The molecule has 166 valence electrons. The van der Waals surface area contributed by atoms with Gasteiger partial charge in [-0.15, -0.1) is 11.8 Å². The molecule has 7 nitrogen and oxygen atoms in total. The van der Waals surface area contributed by atoms with Crippen LogP contribution < -0.4 is 10.6 Å². The number of carbonyl (C=O) groups is 3. The molecule has 1 aromatic carbocycles. The lowest BCUT2D eigenvalue weighted by molar-refractivity contribution is -0.163. The topological polar surface area (TPSA) is 87.7 Å². The number of urea groups is 1. The maximum atomic E-state index is 13.0. The number of esters is 1. The molecule has 8 heteroatoms. The fourth-order valence-electron chi connectivity index (χ4n) is 3.20. The van der Waals surface area contributed by atoms with Crippen molar-refractivity contribution in [3.8, 4) is 0 Å². The molecule has 0 spiro atoms. The number of anilines is 1. The summed E-state index contributed by atoms with van der Waals surface area (Å²) < 4.78 is 5.52. The summed E-state index contributed by atoms with van der Waals surface area (Å²) in [5.41, 5.74) is 1.06. The molecule has 0 aromatic heterocycles. The zero-order chi connectivity index (χ0) is 22.3. The molecule has 0 aliphatic carbocycles. The van der Waals surface area contributed by atoms with Crippen LogP contribution in [0.1, 0.15) is 52.5 Å². The molecule has 1 aliphatic rings. The van der Waals surface area contributed by atoms with E-state index < -0.39 is 23.6 Å². The Morgan fingerprint density at radius 3 is 2.63 bits per heavy atom. The number of hydrogen-bond acceptors (Lipinski definition) is 5. The summed E-state index contributed by atoms with van der Waals surface area (Å²) in [5.74, 6) is -0.173. The number of aryl methyl sites for hydroxylation is 1. The number of thioether (sulfide) groups is 1. The van der Waals surface area contributed by atoms with Gasteiger partial charge in [0.05, 0.1) is 11.9 Å². The van der Waals surface area contributed by atoms with Crippen LogP contribution in [-0.4, -0.2) is 52.1 Å². The summed E-state index contributed by atoms with van der Waals surface area (Å²) in [6.07, 6.45) is 2.78. The highest BCUT2D eigenvalue weighted by Crippen LogP contribution is 2.33. The first-order valence-electron chi connectivity index (χ1n) is 10.4. The summed E-state index contributed by atoms with van der Waals surface area (Å²) in [6, 6.07) is 6.32. The first kappa shape index (κ1) is 24.1. The molecule has 2 atom stereocenters. The lowest BCUT2D eigenvalue weighted by Gasteiger charge is -2.30. The average molecular weight is 436 g/mol. The Labute approximate surface area is 183 Å². The van der Waals surface area contributed by atoms with E-state index in [2.05, 4.69) is 17.6 Å². The van der Waals surface area contributed by atoms with Gasteiger partial charge in [0.25, 0.3) is 0 Å². The van der Waals surface area contributed by atoms with Crippen molar-refractivity contribution in [3.05, 3.63) is 29.8 Å². The molecule has 1 unspecified atom stereocenters. The molecule has 1 heterocycles. The molecule has 30 heavy (non-hydrogen) atoms. The Morgan fingerprint density at radius 1 is 1.27 bits per heavy atom. The van der Waals surface area contributed by atoms with Gasteiger partial charge in [-0.2, -0.15) is 0 Å². The van der Waals surface area contributed by atoms with E-state index in [1.54, 1.807) is 22.7 Å². The zero-order valence-corrected chi connectivity index (χ0v) is 19.3. The van der Waals surface area contributed by atoms with Crippen LogP contribution in [0.4, 0.5) is 10.5 Å². The van der Waals surface area contributed by atoms with E-state index in [0.717, 1.165) is 24.8 Å². The SMILES string of the molecule is CCCCC1SC[C@@H](C(=O)OC(C)(C)C)N1C(=O)CNC(=O)Nc1cccc(C)c1. The Morgan fingerprint density at radius 2 is 2.00 bits per heavy atom. The average Bonchev–Trinajstić information content (AvgIpc) is 3.07. The highest BCUT2D eigenvalue weighted by atomic mass is 32.2. The highest BCUT2D eigenvalue weighted by molar-refractivity contribution is 8.00. The molecule has 0 radical (unpaired) electrons. The van der Waals surface area contributed by atoms with Crippen molar-refractivity contribution < 1.29 is 19.1 Å². The third-order valence-electron chi connectivity index (χ3n) is 4.54. The number of rotatable bonds is 7. The molecule has 1 aromatic rings. The maximum Gasteiger partial charge on any atom is 0.330 e. The maximum absolute atomic E-state index is 13.0. The van der Waals surface area contributed by atoms with Crippen LogP contribution >= 0.6 is 11.8 Å². The molecule has 2 N–H and O–H groups in total. The fraction of sp³-hybridized carbons (Fsp3) is 0.591. The number of ether oxygens (including phenoxy) is 1. The number of benzene rings is 1. The summed E-state index contributed by atoms with van der Waals surface area (Å²) in [6.45, 7) is 9.28. The molecule has 1 saturated heterocycles. The molecular weight excluding hydrogens is 402 g/mol. The minimum absolute atomic E-state index is 0.0865. The molecule has 0 bridgehead atoms. The number of nitrogens with zero attached hydrogens (tertiary/aromatic N) is 1. The van der Waals surface area contributed by atoms with Crippen LogP contribution in [0.5, 0.6) is 0 Å². The summed E-state index contributed by atoms with van der Waals surface area (Å²) in [4.78, 5) is 39.5. The second-order valence-corrected chi connectivity index (χ2v) is 9.67. The third-order valence-corrected chi connectivity index (χ3v) is 5.90. The van der Waals surface area contributed by atoms with Gasteiger partial charge in [-0.3, -0.25) is 4.79 Å². The second-order valence-electron chi connectivity index (χ2n) is 8.46. The van der Waals surface area contributed by atoms with E-state index in [-0.39, 0.29) is 17.8 Å². The Balaban J connectivity index is 2.01. The van der Waals surface area contributed by atoms with Gasteiger partial charge in [0.2, 0.25) is 5.91 Å². The minimum atomic E-state index is -0.634. The van der Waals surface area contributed by atoms with Crippen LogP contribution in [0, 0.1) is 6.92 Å². The van der Waals surface area contributed by atoms with Crippen LogP contribution in [0.3, 0.4) is 0 Å². The Bertz CT molecular complexity index is 763. The van der Waals surface area contributed by atoms with E-state index in [9.17, 15) is 14.4 Å². The van der Waals surface area contributed by atoms with Gasteiger partial charge in [-0.1, -0.05) is 31.9 Å². The molecule has 0 saturated carbocycles. The number of nitrogens with one attached hydrogen (secondary N) is 2. The van der Waals surface area contributed by atoms with Gasteiger partial charge in [0, 0.05) is 11.4 Å². The van der Waals surface area contributed by atoms with Gasteiger partial charge >= 0.3 is 12.0 Å². The second kappa shape index (κ2) is 10.7. The number of amides is 3. The van der Waals surface area contributed by atoms with E-state index in [1.807, 2.05) is 45.9 Å². The van der Waals surface area contributed by atoms with Crippen LogP contribution in [0.25, 0.3) is 0 Å². The van der Waals surface area contributed by atoms with E-state index in [0.29, 0.717) is 11.4 Å². The Hall–Kier alpha value is -2.22. The van der Waals surface area contributed by atoms with Gasteiger partial charge in [0.15, 0.2) is 0 Å². The monoisotopic (exact) mass is 435 g/mol. The van der Waals surface area contributed by atoms with Gasteiger partial charge < -0.3 is 20.3 Å². The van der Waals surface area contributed by atoms with E-state index in [4.69, 9.17) is 4.74 Å². The van der Waals surface area contributed by atoms with Crippen molar-refractivity contribution in [1.82, 2.24) is 10.2 Å². The van der Waals surface area contributed by atoms with Gasteiger partial charge in [-0.05, 0) is 51.8 Å². The molecule has 2 rings (SSSR count). The summed E-state index contributed by atoms with van der Waals surface area (Å²) in [5, 5.41) is 5.24. The van der Waals surface area contributed by atoms with Crippen molar-refractivity contribution in [2.45, 2.75) is 70.9 Å². The number of carbonyl (C=O) groups excluding carboxylic acids is 3. The highest BCUT2D eigenvalue weighted by Gasteiger charge is 2.42. The summed E-state index contributed by atoms with van der Waals surface area (Å²) in [7, 11) is 0. The quantitative estimate of drug-likeness (QED) is 0.634. The largest absolute Gasteiger partial charge is 0.458 e. The van der Waals surface area contributed by atoms with E-state index in [1.165, 1.54) is 0 Å². The number of hydrogen-bond donors (Lipinski definition) is 2. The standard InChI is InChI=1S/C22H33N3O4S/c1-6-7-11-19-25(17(14-30-19)20(27)29-22(3,4)5)18(26)13-23-21(28)24-16-10-8-9-15(2)12-16/h8-10,12,17,19H,6-7,11,13-14H2,1-5H3,(H2,23,24,28)/t17-,19?/m0/s1. The smallest absolute Gasteiger partial charge is 0.330 e. The van der Waals surface area contributed by atoms with Crippen molar-refractivity contribution in [1.29, 1.82) is 0 Å². The minimum Gasteiger partial charge on any atom is -0.458 e. The predicted octanol–water partition coefficient (Wildman–Crippen LogP) is 3.92. The first-order chi connectivity index (χ1) is 14.1. The van der Waals surface area contributed by atoms with Crippen molar-refractivity contribution in [2.24, 2.45) is 0 Å². The van der Waals surface area contributed by atoms with Crippen molar-refractivity contribution in [3.63, 3.8) is 0 Å². The first-order valence-corrected chi connectivity index (χ1v) is 11.4. The van der Waals surface area contributed by atoms with Crippen LogP contribution in [0.2, 0.25) is 0 Å². The van der Waals surface area contributed by atoms with Gasteiger partial charge in [0.1, 0.15) is 11.6 Å². The van der Waals surface area contributed by atoms with Crippen molar-refractivity contribution in [2.75, 3.05) is 17.6 Å². The molecule has 1 aliphatic heterocycles. The lowest BCUT2D eigenvalue weighted by Crippen LogP contribution is -2.51. The van der Waals surface area contributed by atoms with Gasteiger partial charge in [-0.25, -0.2) is 9.59 Å². The van der Waals surface area contributed by atoms with Crippen LogP contribution in [-0.2, 0) is 14.3 Å². The Kier molecular flexibility index (Phi) is 8.58.